The van der Waals surface area contributed by atoms with E-state index in [2.05, 4.69) is 18.3 Å². The van der Waals surface area contributed by atoms with Crippen LogP contribution in [-0.2, 0) is 4.74 Å². The topological polar surface area (TPSA) is 21.3 Å². The van der Waals surface area contributed by atoms with E-state index in [9.17, 15) is 0 Å². The lowest BCUT2D eigenvalue weighted by Crippen LogP contribution is -2.36. The second-order valence-electron chi connectivity index (χ2n) is 4.46. The zero-order chi connectivity index (χ0) is 12.1. The van der Waals surface area contributed by atoms with Crippen molar-refractivity contribution < 1.29 is 4.74 Å². The van der Waals surface area contributed by atoms with Gasteiger partial charge in [0.15, 0.2) is 0 Å². The van der Waals surface area contributed by atoms with Gasteiger partial charge in [0, 0.05) is 11.6 Å². The van der Waals surface area contributed by atoms with Crippen molar-refractivity contribution in [2.45, 2.75) is 38.3 Å². The third-order valence-corrected chi connectivity index (χ3v) is 3.60. The van der Waals surface area contributed by atoms with Gasteiger partial charge in [0.25, 0.3) is 0 Å². The number of halogens is 1. The number of hydrogen-bond acceptors (Lipinski definition) is 2. The van der Waals surface area contributed by atoms with Gasteiger partial charge < -0.3 is 10.1 Å². The highest BCUT2D eigenvalue weighted by atomic mass is 35.5. The fraction of sp³-hybridized carbons (Fsp3) is 0.571. The van der Waals surface area contributed by atoms with E-state index in [1.807, 2.05) is 18.2 Å². The molecule has 1 fully saturated rings. The molecular formula is C14H20ClNO. The van der Waals surface area contributed by atoms with Gasteiger partial charge in [-0.25, -0.2) is 0 Å². The first kappa shape index (κ1) is 12.9. The normalized spacial score (nSPS) is 22.4. The molecule has 0 saturated carbocycles. The smallest absolute Gasteiger partial charge is 0.0770 e. The van der Waals surface area contributed by atoms with Gasteiger partial charge in [-0.1, -0.05) is 36.7 Å². The largest absolute Gasteiger partial charge is 0.376 e. The van der Waals surface area contributed by atoms with Gasteiger partial charge >= 0.3 is 0 Å². The van der Waals surface area contributed by atoms with E-state index in [-0.39, 0.29) is 12.1 Å². The van der Waals surface area contributed by atoms with Crippen molar-refractivity contribution in [1.29, 1.82) is 0 Å². The van der Waals surface area contributed by atoms with E-state index in [1.54, 1.807) is 0 Å². The second-order valence-corrected chi connectivity index (χ2v) is 4.87. The minimum Gasteiger partial charge on any atom is -0.376 e. The van der Waals surface area contributed by atoms with E-state index in [4.69, 9.17) is 16.3 Å². The lowest BCUT2D eigenvalue weighted by Gasteiger charge is -2.31. The summed E-state index contributed by atoms with van der Waals surface area (Å²) in [4.78, 5) is 0. The first-order valence-corrected chi connectivity index (χ1v) is 6.80. The molecule has 0 spiro atoms. The van der Waals surface area contributed by atoms with Crippen molar-refractivity contribution in [3.63, 3.8) is 0 Å². The van der Waals surface area contributed by atoms with Crippen molar-refractivity contribution in [3.05, 3.63) is 34.9 Å². The summed E-state index contributed by atoms with van der Waals surface area (Å²) in [7, 11) is 0. The number of nitrogens with one attached hydrogen (secondary N) is 1. The molecule has 0 radical (unpaired) electrons. The average molecular weight is 254 g/mol. The lowest BCUT2D eigenvalue weighted by molar-refractivity contribution is -0.00784. The Morgan fingerprint density at radius 2 is 2.24 bits per heavy atom. The Morgan fingerprint density at radius 1 is 1.41 bits per heavy atom. The van der Waals surface area contributed by atoms with E-state index in [0.29, 0.717) is 0 Å². The summed E-state index contributed by atoms with van der Waals surface area (Å²) in [6, 6.07) is 8.26. The van der Waals surface area contributed by atoms with Crippen LogP contribution in [0.4, 0.5) is 0 Å². The van der Waals surface area contributed by atoms with Crippen molar-refractivity contribution in [2.24, 2.45) is 0 Å². The molecule has 0 amide bonds. The van der Waals surface area contributed by atoms with E-state index in [0.717, 1.165) is 30.2 Å². The Morgan fingerprint density at radius 3 is 2.88 bits per heavy atom. The highest BCUT2D eigenvalue weighted by molar-refractivity contribution is 6.31. The molecule has 2 nitrogen and oxygen atoms in total. The Bertz CT molecular complexity index is 350. The van der Waals surface area contributed by atoms with Gasteiger partial charge in [-0.15, -0.1) is 0 Å². The molecule has 0 aromatic heterocycles. The van der Waals surface area contributed by atoms with E-state index >= 15 is 0 Å². The Balaban J connectivity index is 2.18. The summed E-state index contributed by atoms with van der Waals surface area (Å²) in [5, 5.41) is 4.33. The van der Waals surface area contributed by atoms with Crippen LogP contribution in [0.3, 0.4) is 0 Å². The lowest BCUT2D eigenvalue weighted by atomic mass is 9.95. The number of rotatable bonds is 4. The van der Waals surface area contributed by atoms with Gasteiger partial charge in [0.05, 0.1) is 12.1 Å². The third kappa shape index (κ3) is 3.21. The standard InChI is InChI=1S/C14H20ClNO/c1-2-16-14(13-9-5-6-10-17-13)11-7-3-4-8-12(11)15/h3-4,7-8,13-14,16H,2,5-6,9-10H2,1H3. The first-order valence-electron chi connectivity index (χ1n) is 6.42. The number of hydrogen-bond donors (Lipinski definition) is 1. The molecule has 17 heavy (non-hydrogen) atoms. The van der Waals surface area contributed by atoms with Crippen LogP contribution in [0.15, 0.2) is 24.3 Å². The molecule has 2 rings (SSSR count). The second kappa shape index (κ2) is 6.39. The Hall–Kier alpha value is -0.570. The first-order chi connectivity index (χ1) is 8.33. The molecular weight excluding hydrogens is 234 g/mol. The summed E-state index contributed by atoms with van der Waals surface area (Å²) in [6.07, 6.45) is 3.79. The van der Waals surface area contributed by atoms with E-state index < -0.39 is 0 Å². The SMILES string of the molecule is CCNC(c1ccccc1Cl)C1CCCCO1. The zero-order valence-corrected chi connectivity index (χ0v) is 11.0. The summed E-state index contributed by atoms with van der Waals surface area (Å²) >= 11 is 6.28. The van der Waals surface area contributed by atoms with E-state index in [1.165, 1.54) is 12.8 Å². The maximum Gasteiger partial charge on any atom is 0.0770 e. The van der Waals surface area contributed by atoms with Crippen LogP contribution in [0, 0.1) is 0 Å². The molecule has 2 atom stereocenters. The molecule has 1 aromatic rings. The fourth-order valence-electron chi connectivity index (χ4n) is 2.42. The van der Waals surface area contributed by atoms with Crippen LogP contribution in [-0.4, -0.2) is 19.3 Å². The van der Waals surface area contributed by atoms with Crippen molar-refractivity contribution in [2.75, 3.05) is 13.2 Å². The molecule has 0 aliphatic carbocycles. The molecule has 3 heteroatoms. The van der Waals surface area contributed by atoms with Gasteiger partial charge in [-0.3, -0.25) is 0 Å². The summed E-state index contributed by atoms with van der Waals surface area (Å²) < 4.78 is 5.88. The molecule has 1 heterocycles. The van der Waals surface area contributed by atoms with Crippen LogP contribution in [0.5, 0.6) is 0 Å². The molecule has 94 valence electrons. The fourth-order valence-corrected chi connectivity index (χ4v) is 2.67. The zero-order valence-electron chi connectivity index (χ0n) is 10.3. The van der Waals surface area contributed by atoms with Gasteiger partial charge in [-0.05, 0) is 37.4 Å². The molecule has 0 bridgehead atoms. The predicted molar refractivity (Wildman–Crippen MR) is 71.5 cm³/mol. The maximum atomic E-state index is 6.28. The Kier molecular flexibility index (Phi) is 4.84. The van der Waals surface area contributed by atoms with Gasteiger partial charge in [0.1, 0.15) is 0 Å². The Labute approximate surface area is 108 Å². The third-order valence-electron chi connectivity index (χ3n) is 3.25. The van der Waals surface area contributed by atoms with Crippen LogP contribution < -0.4 is 5.32 Å². The van der Waals surface area contributed by atoms with Crippen LogP contribution in [0.25, 0.3) is 0 Å². The monoisotopic (exact) mass is 253 g/mol. The number of likely N-dealkylation sites (N-methyl/N-ethyl adjacent to an activating group) is 1. The summed E-state index contributed by atoms with van der Waals surface area (Å²) in [5.41, 5.74) is 1.16. The highest BCUT2D eigenvalue weighted by Gasteiger charge is 2.26. The number of ether oxygens (including phenoxy) is 1. The minimum absolute atomic E-state index is 0.217. The maximum absolute atomic E-state index is 6.28. The molecule has 2 unspecified atom stereocenters. The van der Waals surface area contributed by atoms with Crippen LogP contribution in [0.2, 0.25) is 5.02 Å². The van der Waals surface area contributed by atoms with Gasteiger partial charge in [0.2, 0.25) is 0 Å². The molecule has 1 N–H and O–H groups in total. The van der Waals surface area contributed by atoms with Gasteiger partial charge in [-0.2, -0.15) is 0 Å². The quantitative estimate of drug-likeness (QED) is 0.886. The van der Waals surface area contributed by atoms with Crippen LogP contribution >= 0.6 is 11.6 Å². The van der Waals surface area contributed by atoms with Crippen molar-refractivity contribution >= 4 is 11.6 Å². The van der Waals surface area contributed by atoms with Crippen molar-refractivity contribution in [3.8, 4) is 0 Å². The average Bonchev–Trinajstić information content (AvgIpc) is 2.38. The predicted octanol–water partition coefficient (Wildman–Crippen LogP) is 3.56. The number of benzene rings is 1. The summed E-state index contributed by atoms with van der Waals surface area (Å²) in [5.74, 6) is 0. The molecule has 1 aromatic carbocycles. The van der Waals surface area contributed by atoms with Crippen molar-refractivity contribution in [1.82, 2.24) is 5.32 Å². The molecule has 1 saturated heterocycles. The van der Waals surface area contributed by atoms with Crippen LogP contribution in [0.1, 0.15) is 37.8 Å². The summed E-state index contributed by atoms with van der Waals surface area (Å²) in [6.45, 7) is 3.92. The molecule has 1 aliphatic heterocycles. The highest BCUT2D eigenvalue weighted by Crippen LogP contribution is 2.30. The molecule has 1 aliphatic rings. The minimum atomic E-state index is 0.217.